The van der Waals surface area contributed by atoms with Crippen molar-refractivity contribution in [3.05, 3.63) is 69.2 Å². The fourth-order valence-electron chi connectivity index (χ4n) is 2.03. The smallest absolute Gasteiger partial charge is 0.253 e. The fraction of sp³-hybridized carbons (Fsp3) is 0.176. The molecular formula is C17H15BrN2O. The highest BCUT2D eigenvalue weighted by atomic mass is 79.9. The van der Waals surface area contributed by atoms with Gasteiger partial charge in [0.05, 0.1) is 11.6 Å². The van der Waals surface area contributed by atoms with Gasteiger partial charge < -0.3 is 4.90 Å². The first kappa shape index (κ1) is 15.3. The molecule has 21 heavy (non-hydrogen) atoms. The quantitative estimate of drug-likeness (QED) is 0.848. The molecule has 0 fully saturated rings. The molecule has 0 aliphatic rings. The Balaban J connectivity index is 2.11. The van der Waals surface area contributed by atoms with Gasteiger partial charge in [-0.1, -0.05) is 28.1 Å². The summed E-state index contributed by atoms with van der Waals surface area (Å²) in [6.07, 6.45) is 0. The maximum Gasteiger partial charge on any atom is 0.253 e. The number of aryl methyl sites for hydroxylation is 1. The highest BCUT2D eigenvalue weighted by molar-refractivity contribution is 9.10. The molecule has 0 radical (unpaired) electrons. The van der Waals surface area contributed by atoms with Crippen molar-refractivity contribution < 1.29 is 4.79 Å². The average molecular weight is 343 g/mol. The third-order valence-electron chi connectivity index (χ3n) is 3.25. The number of benzene rings is 2. The van der Waals surface area contributed by atoms with Crippen LogP contribution in [0.1, 0.15) is 27.0 Å². The molecule has 0 heterocycles. The highest BCUT2D eigenvalue weighted by Gasteiger charge is 2.12. The Kier molecular flexibility index (Phi) is 4.77. The molecule has 2 rings (SSSR count). The maximum absolute atomic E-state index is 12.4. The molecule has 0 aromatic heterocycles. The average Bonchev–Trinajstić information content (AvgIpc) is 2.50. The molecule has 0 aliphatic carbocycles. The van der Waals surface area contributed by atoms with Crippen LogP contribution in [-0.2, 0) is 6.54 Å². The van der Waals surface area contributed by atoms with Gasteiger partial charge in [0.15, 0.2) is 0 Å². The first-order valence-corrected chi connectivity index (χ1v) is 7.31. The predicted octanol–water partition coefficient (Wildman–Crippen LogP) is 3.90. The number of carbonyl (C=O) groups is 1. The standard InChI is InChI=1S/C17H15BrN2O/c1-12-9-15(7-8-16(12)18)17(21)20(2)11-14-5-3-13(10-19)4-6-14/h3-9H,11H2,1-2H3. The number of carbonyl (C=O) groups excluding carboxylic acids is 1. The van der Waals surface area contributed by atoms with E-state index in [2.05, 4.69) is 22.0 Å². The third-order valence-corrected chi connectivity index (χ3v) is 4.14. The summed E-state index contributed by atoms with van der Waals surface area (Å²) in [5.74, 6) is -0.0186. The Morgan fingerprint density at radius 3 is 2.48 bits per heavy atom. The van der Waals surface area contributed by atoms with Crippen molar-refractivity contribution in [2.24, 2.45) is 0 Å². The summed E-state index contributed by atoms with van der Waals surface area (Å²) < 4.78 is 0.994. The molecule has 0 spiro atoms. The molecule has 2 aromatic carbocycles. The lowest BCUT2D eigenvalue weighted by molar-refractivity contribution is 0.0785. The lowest BCUT2D eigenvalue weighted by Gasteiger charge is -2.18. The van der Waals surface area contributed by atoms with E-state index < -0.39 is 0 Å². The Morgan fingerprint density at radius 1 is 1.24 bits per heavy atom. The molecule has 2 aromatic rings. The van der Waals surface area contributed by atoms with E-state index in [1.165, 1.54) is 0 Å². The summed E-state index contributed by atoms with van der Waals surface area (Å²) in [5.41, 5.74) is 3.33. The van der Waals surface area contributed by atoms with E-state index in [0.29, 0.717) is 17.7 Å². The number of amides is 1. The van der Waals surface area contributed by atoms with Crippen LogP contribution in [0.4, 0.5) is 0 Å². The molecule has 3 nitrogen and oxygen atoms in total. The molecule has 0 unspecified atom stereocenters. The van der Waals surface area contributed by atoms with Gasteiger partial charge in [-0.25, -0.2) is 0 Å². The van der Waals surface area contributed by atoms with Crippen molar-refractivity contribution in [3.8, 4) is 6.07 Å². The van der Waals surface area contributed by atoms with Gasteiger partial charge in [0, 0.05) is 23.6 Å². The van der Waals surface area contributed by atoms with Gasteiger partial charge in [0.1, 0.15) is 0 Å². The van der Waals surface area contributed by atoms with Crippen LogP contribution in [0, 0.1) is 18.3 Å². The van der Waals surface area contributed by atoms with E-state index in [-0.39, 0.29) is 5.91 Å². The van der Waals surface area contributed by atoms with Crippen LogP contribution in [0.2, 0.25) is 0 Å². The minimum atomic E-state index is -0.0186. The van der Waals surface area contributed by atoms with Gasteiger partial charge in [-0.2, -0.15) is 5.26 Å². The van der Waals surface area contributed by atoms with Crippen LogP contribution in [0.25, 0.3) is 0 Å². The second kappa shape index (κ2) is 6.55. The van der Waals surface area contributed by atoms with Crippen molar-refractivity contribution >= 4 is 21.8 Å². The summed E-state index contributed by atoms with van der Waals surface area (Å²) in [4.78, 5) is 14.1. The molecule has 0 atom stereocenters. The van der Waals surface area contributed by atoms with E-state index in [4.69, 9.17) is 5.26 Å². The predicted molar refractivity (Wildman–Crippen MR) is 85.8 cm³/mol. The second-order valence-corrected chi connectivity index (χ2v) is 5.79. The first-order chi connectivity index (χ1) is 10.0. The molecule has 0 saturated heterocycles. The van der Waals surface area contributed by atoms with E-state index in [1.807, 2.05) is 37.3 Å². The number of hydrogen-bond acceptors (Lipinski definition) is 2. The topological polar surface area (TPSA) is 44.1 Å². The van der Waals surface area contributed by atoms with Crippen LogP contribution in [0.15, 0.2) is 46.9 Å². The number of hydrogen-bond donors (Lipinski definition) is 0. The number of nitriles is 1. The number of rotatable bonds is 3. The molecule has 0 aliphatic heterocycles. The van der Waals surface area contributed by atoms with Crippen LogP contribution >= 0.6 is 15.9 Å². The fourth-order valence-corrected chi connectivity index (χ4v) is 2.28. The zero-order chi connectivity index (χ0) is 15.4. The molecular weight excluding hydrogens is 328 g/mol. The normalized spacial score (nSPS) is 10.0. The van der Waals surface area contributed by atoms with Gasteiger partial charge in [0.2, 0.25) is 0 Å². The summed E-state index contributed by atoms with van der Waals surface area (Å²) in [5, 5.41) is 8.78. The zero-order valence-electron chi connectivity index (χ0n) is 11.9. The Hall–Kier alpha value is -2.12. The van der Waals surface area contributed by atoms with E-state index in [1.54, 1.807) is 24.1 Å². The Morgan fingerprint density at radius 2 is 1.90 bits per heavy atom. The van der Waals surface area contributed by atoms with Crippen LogP contribution in [-0.4, -0.2) is 17.9 Å². The zero-order valence-corrected chi connectivity index (χ0v) is 13.5. The van der Waals surface area contributed by atoms with Crippen molar-refractivity contribution in [1.29, 1.82) is 5.26 Å². The summed E-state index contributed by atoms with van der Waals surface area (Å²) in [7, 11) is 1.78. The van der Waals surface area contributed by atoms with Gasteiger partial charge in [-0.05, 0) is 48.4 Å². The Bertz CT molecular complexity index is 702. The van der Waals surface area contributed by atoms with Crippen LogP contribution in [0.5, 0.6) is 0 Å². The lowest BCUT2D eigenvalue weighted by Crippen LogP contribution is -2.26. The molecule has 0 bridgehead atoms. The van der Waals surface area contributed by atoms with Crippen LogP contribution < -0.4 is 0 Å². The van der Waals surface area contributed by atoms with Crippen LogP contribution in [0.3, 0.4) is 0 Å². The van der Waals surface area contributed by atoms with E-state index in [9.17, 15) is 4.79 Å². The summed E-state index contributed by atoms with van der Waals surface area (Å²) >= 11 is 3.43. The minimum Gasteiger partial charge on any atom is -0.337 e. The van der Waals surface area contributed by atoms with Gasteiger partial charge in [0.25, 0.3) is 5.91 Å². The molecule has 0 N–H and O–H groups in total. The molecule has 0 saturated carbocycles. The Labute approximate surface area is 132 Å². The van der Waals surface area contributed by atoms with E-state index in [0.717, 1.165) is 15.6 Å². The molecule has 106 valence electrons. The van der Waals surface area contributed by atoms with Crippen molar-refractivity contribution in [2.45, 2.75) is 13.5 Å². The maximum atomic E-state index is 12.4. The summed E-state index contributed by atoms with van der Waals surface area (Å²) in [6, 6.07) is 14.9. The minimum absolute atomic E-state index is 0.0186. The van der Waals surface area contributed by atoms with Crippen molar-refractivity contribution in [2.75, 3.05) is 7.05 Å². The van der Waals surface area contributed by atoms with E-state index >= 15 is 0 Å². The van der Waals surface area contributed by atoms with Crippen molar-refractivity contribution in [3.63, 3.8) is 0 Å². The highest BCUT2D eigenvalue weighted by Crippen LogP contribution is 2.18. The lowest BCUT2D eigenvalue weighted by atomic mass is 10.1. The third kappa shape index (κ3) is 3.71. The summed E-state index contributed by atoms with van der Waals surface area (Å²) in [6.45, 7) is 2.47. The largest absolute Gasteiger partial charge is 0.337 e. The van der Waals surface area contributed by atoms with Crippen molar-refractivity contribution in [1.82, 2.24) is 4.90 Å². The monoisotopic (exact) mass is 342 g/mol. The second-order valence-electron chi connectivity index (χ2n) is 4.93. The van der Waals surface area contributed by atoms with Gasteiger partial charge in [-0.3, -0.25) is 4.79 Å². The number of nitrogens with zero attached hydrogens (tertiary/aromatic N) is 2. The van der Waals surface area contributed by atoms with Gasteiger partial charge >= 0.3 is 0 Å². The molecule has 1 amide bonds. The van der Waals surface area contributed by atoms with Gasteiger partial charge in [-0.15, -0.1) is 0 Å². The SMILES string of the molecule is Cc1cc(C(=O)N(C)Cc2ccc(C#N)cc2)ccc1Br. The number of halogens is 1. The first-order valence-electron chi connectivity index (χ1n) is 6.52. The molecule has 4 heteroatoms.